The summed E-state index contributed by atoms with van der Waals surface area (Å²) in [6, 6.07) is 17.3. The number of hydrogen-bond donors (Lipinski definition) is 0. The Hall–Kier alpha value is -3.64. The van der Waals surface area contributed by atoms with Gasteiger partial charge in [0.25, 0.3) is 0 Å². The Bertz CT molecular complexity index is 1280. The Balaban J connectivity index is 1.87. The standard InChI is InChI=1S/C24H19ClN2O4/c1-3-31-24(29)19-12-22(23(28)15-7-9-17(25)10-8-15)27-14-26-20(13-21(19)27)16-5-4-6-18(11-16)30-2/h4-14H,3H2,1-2H3. The Morgan fingerprint density at radius 2 is 1.84 bits per heavy atom. The average molecular weight is 435 g/mol. The van der Waals surface area contributed by atoms with Crippen LogP contribution >= 0.6 is 11.6 Å². The number of ketones is 1. The zero-order valence-electron chi connectivity index (χ0n) is 17.0. The van der Waals surface area contributed by atoms with Gasteiger partial charge in [-0.25, -0.2) is 9.78 Å². The molecule has 0 atom stereocenters. The number of carbonyl (C=O) groups excluding carboxylic acids is 2. The molecule has 156 valence electrons. The molecule has 4 aromatic rings. The Morgan fingerprint density at radius 1 is 1.06 bits per heavy atom. The van der Waals surface area contributed by atoms with Crippen molar-refractivity contribution >= 4 is 28.9 Å². The monoisotopic (exact) mass is 434 g/mol. The molecule has 0 saturated heterocycles. The number of aromatic nitrogens is 2. The predicted molar refractivity (Wildman–Crippen MR) is 118 cm³/mol. The second-order valence-electron chi connectivity index (χ2n) is 6.76. The van der Waals surface area contributed by atoms with Gasteiger partial charge < -0.3 is 9.47 Å². The van der Waals surface area contributed by atoms with Gasteiger partial charge in [-0.05, 0) is 55.5 Å². The maximum atomic E-state index is 13.1. The molecule has 0 spiro atoms. The molecule has 2 heterocycles. The highest BCUT2D eigenvalue weighted by atomic mass is 35.5. The molecule has 0 aliphatic rings. The van der Waals surface area contributed by atoms with Crippen molar-refractivity contribution in [3.63, 3.8) is 0 Å². The van der Waals surface area contributed by atoms with Crippen molar-refractivity contribution in [2.75, 3.05) is 13.7 Å². The molecule has 4 rings (SSSR count). The van der Waals surface area contributed by atoms with E-state index in [2.05, 4.69) is 4.98 Å². The molecule has 0 radical (unpaired) electrons. The molecular weight excluding hydrogens is 416 g/mol. The lowest BCUT2D eigenvalue weighted by atomic mass is 10.1. The number of nitrogens with zero attached hydrogens (tertiary/aromatic N) is 2. The summed E-state index contributed by atoms with van der Waals surface area (Å²) in [6.45, 7) is 1.96. The maximum Gasteiger partial charge on any atom is 0.340 e. The first-order valence-electron chi connectivity index (χ1n) is 9.64. The van der Waals surface area contributed by atoms with Crippen LogP contribution in [0.2, 0.25) is 5.02 Å². The minimum atomic E-state index is -0.502. The second-order valence-corrected chi connectivity index (χ2v) is 7.20. The summed E-state index contributed by atoms with van der Waals surface area (Å²) in [5.41, 5.74) is 3.06. The van der Waals surface area contributed by atoms with Crippen molar-refractivity contribution < 1.29 is 19.1 Å². The zero-order chi connectivity index (χ0) is 22.0. The van der Waals surface area contributed by atoms with Gasteiger partial charge in [0.1, 0.15) is 12.1 Å². The van der Waals surface area contributed by atoms with Gasteiger partial charge in [-0.2, -0.15) is 0 Å². The third-order valence-electron chi connectivity index (χ3n) is 4.86. The minimum Gasteiger partial charge on any atom is -0.497 e. The molecule has 0 N–H and O–H groups in total. The SMILES string of the molecule is CCOC(=O)c1cc(C(=O)c2ccc(Cl)cc2)n2cnc(-c3cccc(OC)c3)cc12. The van der Waals surface area contributed by atoms with Crippen molar-refractivity contribution in [3.8, 4) is 17.0 Å². The lowest BCUT2D eigenvalue weighted by molar-refractivity contribution is 0.0529. The lowest BCUT2D eigenvalue weighted by Crippen LogP contribution is -2.05. The van der Waals surface area contributed by atoms with Gasteiger partial charge in [0.15, 0.2) is 0 Å². The first-order chi connectivity index (χ1) is 15.0. The number of rotatable bonds is 6. The second kappa shape index (κ2) is 8.62. The largest absolute Gasteiger partial charge is 0.497 e. The Labute approximate surface area is 184 Å². The molecule has 7 heteroatoms. The fourth-order valence-corrected chi connectivity index (χ4v) is 3.46. The van der Waals surface area contributed by atoms with Crippen LogP contribution in [0.3, 0.4) is 0 Å². The van der Waals surface area contributed by atoms with E-state index in [1.807, 2.05) is 24.3 Å². The molecule has 0 saturated carbocycles. The van der Waals surface area contributed by atoms with Gasteiger partial charge in [-0.1, -0.05) is 23.7 Å². The van der Waals surface area contributed by atoms with Crippen molar-refractivity contribution in [1.29, 1.82) is 0 Å². The molecule has 0 aliphatic carbocycles. The van der Waals surface area contributed by atoms with Crippen LogP contribution in [0.1, 0.15) is 33.3 Å². The van der Waals surface area contributed by atoms with E-state index in [0.29, 0.717) is 38.8 Å². The number of esters is 1. The van der Waals surface area contributed by atoms with Crippen LogP contribution in [0, 0.1) is 0 Å². The third-order valence-corrected chi connectivity index (χ3v) is 5.11. The van der Waals surface area contributed by atoms with Crippen LogP contribution in [-0.2, 0) is 4.74 Å². The first kappa shape index (κ1) is 20.6. The van der Waals surface area contributed by atoms with E-state index in [4.69, 9.17) is 21.1 Å². The van der Waals surface area contributed by atoms with E-state index in [-0.39, 0.29) is 12.4 Å². The topological polar surface area (TPSA) is 69.9 Å². The molecule has 2 aromatic heterocycles. The van der Waals surface area contributed by atoms with Gasteiger partial charge in [-0.3, -0.25) is 9.20 Å². The summed E-state index contributed by atoms with van der Waals surface area (Å²) in [4.78, 5) is 30.3. The average Bonchev–Trinajstić information content (AvgIpc) is 3.18. The van der Waals surface area contributed by atoms with Gasteiger partial charge in [0, 0.05) is 16.1 Å². The molecule has 31 heavy (non-hydrogen) atoms. The summed E-state index contributed by atoms with van der Waals surface area (Å²) in [5.74, 6) is -0.0603. The number of ether oxygens (including phenoxy) is 2. The minimum absolute atomic E-state index is 0.227. The smallest absolute Gasteiger partial charge is 0.340 e. The van der Waals surface area contributed by atoms with Crippen LogP contribution in [0.5, 0.6) is 5.75 Å². The van der Waals surface area contributed by atoms with E-state index >= 15 is 0 Å². The molecule has 6 nitrogen and oxygen atoms in total. The van der Waals surface area contributed by atoms with E-state index in [9.17, 15) is 9.59 Å². The normalized spacial score (nSPS) is 10.8. The molecule has 2 aromatic carbocycles. The van der Waals surface area contributed by atoms with Crippen LogP contribution in [-0.4, -0.2) is 34.9 Å². The fourth-order valence-electron chi connectivity index (χ4n) is 3.33. The van der Waals surface area contributed by atoms with Gasteiger partial charge in [-0.15, -0.1) is 0 Å². The van der Waals surface area contributed by atoms with E-state index in [1.165, 1.54) is 6.33 Å². The number of benzene rings is 2. The maximum absolute atomic E-state index is 13.1. The van der Waals surface area contributed by atoms with Crippen LogP contribution in [0.25, 0.3) is 16.8 Å². The predicted octanol–water partition coefficient (Wildman–Crippen LogP) is 5.07. The summed E-state index contributed by atoms with van der Waals surface area (Å²) in [7, 11) is 1.59. The molecule has 0 amide bonds. The highest BCUT2D eigenvalue weighted by Gasteiger charge is 2.22. The van der Waals surface area contributed by atoms with Crippen LogP contribution < -0.4 is 4.74 Å². The molecular formula is C24H19ClN2O4. The number of carbonyl (C=O) groups is 2. The fraction of sp³-hybridized carbons (Fsp3) is 0.125. The third kappa shape index (κ3) is 4.02. The summed E-state index contributed by atoms with van der Waals surface area (Å²) >= 11 is 5.94. The van der Waals surface area contributed by atoms with Crippen LogP contribution in [0.15, 0.2) is 67.0 Å². The molecule has 0 unspecified atom stereocenters. The molecule has 0 bridgehead atoms. The highest BCUT2D eigenvalue weighted by molar-refractivity contribution is 6.30. The van der Waals surface area contributed by atoms with Crippen molar-refractivity contribution in [3.05, 3.63) is 88.8 Å². The zero-order valence-corrected chi connectivity index (χ0v) is 17.7. The Kier molecular flexibility index (Phi) is 5.73. The molecule has 0 fully saturated rings. The highest BCUT2D eigenvalue weighted by Crippen LogP contribution is 2.27. The summed E-state index contributed by atoms with van der Waals surface area (Å²) in [6.07, 6.45) is 1.54. The van der Waals surface area contributed by atoms with Crippen molar-refractivity contribution in [1.82, 2.24) is 9.38 Å². The number of halogens is 1. The summed E-state index contributed by atoms with van der Waals surface area (Å²) < 4.78 is 12.1. The summed E-state index contributed by atoms with van der Waals surface area (Å²) in [5, 5.41) is 0.536. The quantitative estimate of drug-likeness (QED) is 0.313. The van der Waals surface area contributed by atoms with E-state index in [1.54, 1.807) is 54.8 Å². The first-order valence-corrected chi connectivity index (χ1v) is 10.0. The van der Waals surface area contributed by atoms with Crippen molar-refractivity contribution in [2.45, 2.75) is 6.92 Å². The van der Waals surface area contributed by atoms with Gasteiger partial charge in [0.2, 0.25) is 5.78 Å². The van der Waals surface area contributed by atoms with E-state index in [0.717, 1.165) is 5.56 Å². The molecule has 0 aliphatic heterocycles. The number of fused-ring (bicyclic) bond motifs is 1. The van der Waals surface area contributed by atoms with Crippen molar-refractivity contribution in [2.24, 2.45) is 0 Å². The number of methoxy groups -OCH3 is 1. The van der Waals surface area contributed by atoms with E-state index < -0.39 is 5.97 Å². The van der Waals surface area contributed by atoms with Crippen LogP contribution in [0.4, 0.5) is 0 Å². The lowest BCUT2D eigenvalue weighted by Gasteiger charge is -2.07. The number of hydrogen-bond acceptors (Lipinski definition) is 5. The van der Waals surface area contributed by atoms with Gasteiger partial charge in [0.05, 0.1) is 36.2 Å². The van der Waals surface area contributed by atoms with Gasteiger partial charge >= 0.3 is 5.97 Å². The Morgan fingerprint density at radius 3 is 2.55 bits per heavy atom.